The predicted octanol–water partition coefficient (Wildman–Crippen LogP) is 4.41. The van der Waals surface area contributed by atoms with Crippen LogP contribution in [0.15, 0.2) is 18.6 Å². The van der Waals surface area contributed by atoms with E-state index in [9.17, 15) is 4.79 Å². The van der Waals surface area contributed by atoms with E-state index in [1.165, 1.54) is 38.5 Å². The van der Waals surface area contributed by atoms with Crippen LogP contribution >= 0.6 is 0 Å². The van der Waals surface area contributed by atoms with Gasteiger partial charge in [-0.3, -0.25) is 4.79 Å². The maximum Gasteiger partial charge on any atom is 0.246 e. The summed E-state index contributed by atoms with van der Waals surface area (Å²) >= 11 is 0. The molecule has 0 bridgehead atoms. The smallest absolute Gasteiger partial charge is 0.246 e. The van der Waals surface area contributed by atoms with Crippen LogP contribution in [0.3, 0.4) is 0 Å². The fourth-order valence-electron chi connectivity index (χ4n) is 2.42. The monoisotopic (exact) mass is 305 g/mol. The van der Waals surface area contributed by atoms with Crippen molar-refractivity contribution in [2.45, 2.75) is 65.2 Å². The Morgan fingerprint density at radius 3 is 2.23 bits per heavy atom. The zero-order valence-corrected chi connectivity index (χ0v) is 14.2. The molecule has 0 aliphatic rings. The summed E-state index contributed by atoms with van der Waals surface area (Å²) in [5, 5.41) is 0. The van der Waals surface area contributed by atoms with E-state index in [1.54, 1.807) is 24.7 Å². The molecule has 0 atom stereocenters. The van der Waals surface area contributed by atoms with Crippen LogP contribution in [-0.4, -0.2) is 33.9 Å². The quantitative estimate of drug-likeness (QED) is 0.459. The number of H-pyrrole nitrogens is 1. The van der Waals surface area contributed by atoms with Gasteiger partial charge in [0.05, 0.1) is 18.2 Å². The van der Waals surface area contributed by atoms with Crippen molar-refractivity contribution in [2.75, 3.05) is 13.1 Å². The topological polar surface area (TPSA) is 49.0 Å². The first-order chi connectivity index (χ1) is 10.8. The maximum absolute atomic E-state index is 12.4. The highest BCUT2D eigenvalue weighted by atomic mass is 16.2. The molecule has 0 saturated carbocycles. The number of unbranched alkanes of at least 4 members (excludes halogenated alkanes) is 6. The Morgan fingerprint density at radius 1 is 1.09 bits per heavy atom. The molecule has 1 aromatic rings. The summed E-state index contributed by atoms with van der Waals surface area (Å²) in [6.07, 6.45) is 16.4. The third kappa shape index (κ3) is 8.01. The summed E-state index contributed by atoms with van der Waals surface area (Å²) < 4.78 is 0. The second-order valence-electron chi connectivity index (χ2n) is 5.79. The Bertz CT molecular complexity index is 400. The molecule has 1 aromatic heterocycles. The maximum atomic E-state index is 12.4. The van der Waals surface area contributed by atoms with Gasteiger partial charge in [-0.25, -0.2) is 4.98 Å². The SMILES string of the molecule is CCCCCCN(CCCCCC)C(=O)/C=C/c1cnc[nH]1. The Labute approximate surface area is 135 Å². The van der Waals surface area contributed by atoms with Crippen molar-refractivity contribution in [1.29, 1.82) is 0 Å². The number of carbonyl (C=O) groups excluding carboxylic acids is 1. The molecule has 0 spiro atoms. The highest BCUT2D eigenvalue weighted by molar-refractivity contribution is 5.91. The highest BCUT2D eigenvalue weighted by Gasteiger charge is 2.09. The molecule has 0 fully saturated rings. The molecule has 1 N–H and O–H groups in total. The Kier molecular flexibility index (Phi) is 10.1. The fraction of sp³-hybridized carbons (Fsp3) is 0.667. The highest BCUT2D eigenvalue weighted by Crippen LogP contribution is 2.07. The number of rotatable bonds is 12. The van der Waals surface area contributed by atoms with Crippen LogP contribution in [-0.2, 0) is 4.79 Å². The molecule has 1 rings (SSSR count). The van der Waals surface area contributed by atoms with E-state index < -0.39 is 0 Å². The predicted molar refractivity (Wildman–Crippen MR) is 92.5 cm³/mol. The lowest BCUT2D eigenvalue weighted by atomic mass is 10.1. The third-order valence-electron chi connectivity index (χ3n) is 3.80. The number of aromatic amines is 1. The first kappa shape index (κ1) is 18.5. The van der Waals surface area contributed by atoms with E-state index in [2.05, 4.69) is 23.8 Å². The van der Waals surface area contributed by atoms with E-state index in [0.29, 0.717) is 0 Å². The minimum Gasteiger partial charge on any atom is -0.345 e. The number of amides is 1. The van der Waals surface area contributed by atoms with E-state index in [-0.39, 0.29) is 5.91 Å². The van der Waals surface area contributed by atoms with Gasteiger partial charge in [0, 0.05) is 19.2 Å². The van der Waals surface area contributed by atoms with Crippen LogP contribution in [0.25, 0.3) is 6.08 Å². The van der Waals surface area contributed by atoms with E-state index in [4.69, 9.17) is 0 Å². The molecule has 1 heterocycles. The molecule has 124 valence electrons. The molecular weight excluding hydrogens is 274 g/mol. The summed E-state index contributed by atoms with van der Waals surface area (Å²) in [6, 6.07) is 0. The van der Waals surface area contributed by atoms with Crippen molar-refractivity contribution in [3.05, 3.63) is 24.3 Å². The minimum atomic E-state index is 0.114. The van der Waals surface area contributed by atoms with Crippen molar-refractivity contribution in [2.24, 2.45) is 0 Å². The second kappa shape index (κ2) is 12.0. The van der Waals surface area contributed by atoms with Gasteiger partial charge in [-0.2, -0.15) is 0 Å². The van der Waals surface area contributed by atoms with Crippen LogP contribution in [0.5, 0.6) is 0 Å². The fourth-order valence-corrected chi connectivity index (χ4v) is 2.42. The molecule has 0 aromatic carbocycles. The molecule has 1 amide bonds. The number of aromatic nitrogens is 2. The first-order valence-electron chi connectivity index (χ1n) is 8.73. The summed E-state index contributed by atoms with van der Waals surface area (Å²) in [4.78, 5) is 21.3. The van der Waals surface area contributed by atoms with Crippen LogP contribution in [0.2, 0.25) is 0 Å². The average molecular weight is 305 g/mol. The zero-order valence-electron chi connectivity index (χ0n) is 14.2. The number of nitrogens with zero attached hydrogens (tertiary/aromatic N) is 2. The average Bonchev–Trinajstić information content (AvgIpc) is 3.04. The van der Waals surface area contributed by atoms with Gasteiger partial charge in [-0.1, -0.05) is 52.4 Å². The van der Waals surface area contributed by atoms with Crippen LogP contribution in [0.1, 0.15) is 70.9 Å². The Balaban J connectivity index is 2.44. The van der Waals surface area contributed by atoms with Gasteiger partial charge in [0.15, 0.2) is 0 Å². The van der Waals surface area contributed by atoms with E-state index >= 15 is 0 Å². The summed E-state index contributed by atoms with van der Waals surface area (Å²) in [5.74, 6) is 0.114. The lowest BCUT2D eigenvalue weighted by Crippen LogP contribution is -2.31. The molecule has 4 heteroatoms. The summed E-state index contributed by atoms with van der Waals surface area (Å²) in [6.45, 7) is 6.16. The number of imidazole rings is 1. The number of nitrogens with one attached hydrogen (secondary N) is 1. The summed E-state index contributed by atoms with van der Waals surface area (Å²) in [7, 11) is 0. The van der Waals surface area contributed by atoms with Crippen molar-refractivity contribution in [3.8, 4) is 0 Å². The molecule has 0 unspecified atom stereocenters. The number of carbonyl (C=O) groups is 1. The van der Waals surface area contributed by atoms with Crippen LogP contribution in [0, 0.1) is 0 Å². The van der Waals surface area contributed by atoms with Crippen molar-refractivity contribution < 1.29 is 4.79 Å². The van der Waals surface area contributed by atoms with Gasteiger partial charge < -0.3 is 9.88 Å². The minimum absolute atomic E-state index is 0.114. The van der Waals surface area contributed by atoms with Gasteiger partial charge in [0.2, 0.25) is 5.91 Å². The van der Waals surface area contributed by atoms with Gasteiger partial charge in [0.1, 0.15) is 0 Å². The van der Waals surface area contributed by atoms with Gasteiger partial charge in [-0.15, -0.1) is 0 Å². The van der Waals surface area contributed by atoms with E-state index in [0.717, 1.165) is 31.6 Å². The molecule has 4 nitrogen and oxygen atoms in total. The lowest BCUT2D eigenvalue weighted by molar-refractivity contribution is -0.126. The number of hydrogen-bond donors (Lipinski definition) is 1. The van der Waals surface area contributed by atoms with Crippen molar-refractivity contribution in [3.63, 3.8) is 0 Å². The number of hydrogen-bond acceptors (Lipinski definition) is 2. The molecule has 0 aliphatic heterocycles. The molecular formula is C18H31N3O. The molecule has 0 saturated heterocycles. The normalized spacial score (nSPS) is 11.2. The lowest BCUT2D eigenvalue weighted by Gasteiger charge is -2.21. The molecule has 0 aliphatic carbocycles. The van der Waals surface area contributed by atoms with Crippen molar-refractivity contribution >= 4 is 12.0 Å². The van der Waals surface area contributed by atoms with Crippen LogP contribution in [0.4, 0.5) is 0 Å². The third-order valence-corrected chi connectivity index (χ3v) is 3.80. The largest absolute Gasteiger partial charge is 0.345 e. The first-order valence-corrected chi connectivity index (χ1v) is 8.73. The molecule has 22 heavy (non-hydrogen) atoms. The van der Waals surface area contributed by atoms with Crippen molar-refractivity contribution in [1.82, 2.24) is 14.9 Å². The Morgan fingerprint density at radius 2 is 1.73 bits per heavy atom. The summed E-state index contributed by atoms with van der Waals surface area (Å²) in [5.41, 5.74) is 0.866. The van der Waals surface area contributed by atoms with Gasteiger partial charge in [0.25, 0.3) is 0 Å². The standard InChI is InChI=1S/C18H31N3O/c1-3-5-7-9-13-21(14-10-8-6-4-2)18(22)12-11-17-15-19-16-20-17/h11-12,15-16H,3-10,13-14H2,1-2H3,(H,19,20)/b12-11+. The zero-order chi connectivity index (χ0) is 16.0. The van der Waals surface area contributed by atoms with Gasteiger partial charge >= 0.3 is 0 Å². The second-order valence-corrected chi connectivity index (χ2v) is 5.79. The Hall–Kier alpha value is -1.58. The van der Waals surface area contributed by atoms with Gasteiger partial charge in [-0.05, 0) is 18.9 Å². The molecule has 0 radical (unpaired) electrons. The van der Waals surface area contributed by atoms with Crippen LogP contribution < -0.4 is 0 Å². The van der Waals surface area contributed by atoms with E-state index in [1.807, 2.05) is 4.90 Å².